The largest absolute Gasteiger partial charge is 0.443 e. The number of carbonyl (C=O) groups excluding carboxylic acids is 4. The number of amides is 4. The average Bonchev–Trinajstić information content (AvgIpc) is 3.55. The normalized spacial score (nSPS) is 16.7. The fourth-order valence-electron chi connectivity index (χ4n) is 4.90. The number of nitrogens with zero attached hydrogens (tertiary/aromatic N) is 1. The summed E-state index contributed by atoms with van der Waals surface area (Å²) in [6.07, 6.45) is -2.87. The second kappa shape index (κ2) is 14.1. The number of rotatable bonds is 6. The van der Waals surface area contributed by atoms with Crippen LogP contribution in [0.15, 0.2) is 42.5 Å². The van der Waals surface area contributed by atoms with Gasteiger partial charge in [0.05, 0.1) is 27.2 Å². The number of hydrogen-bond donors (Lipinski definition) is 2. The number of benzene rings is 3. The maximum Gasteiger partial charge on any atom is 0.424 e. The molecule has 3 aromatic rings. The van der Waals surface area contributed by atoms with E-state index < -0.39 is 80.2 Å². The molecular formula is C34H32Cl4F3N3O6. The molecule has 4 amide bonds. The standard InChI is InChI=1S/C34H32Cl4F3N3O6/c1-15-12-17(42-29(46)24-23(34(24,37)38)16-8-9-20(39)19(35)13-16)14-18(25(15)36)28(45)43-22-11-10-21(40)27(26(22)41)44(30(47)49-32(2,3)4)31(48)50-33(5,6)7/h8-14,23-24H,1-7H3,(H,42,46)(H,43,45). The lowest BCUT2D eigenvalue weighted by molar-refractivity contribution is -0.117. The maximum absolute atomic E-state index is 16.0. The van der Waals surface area contributed by atoms with Crippen LogP contribution in [0.3, 0.4) is 0 Å². The van der Waals surface area contributed by atoms with Gasteiger partial charge >= 0.3 is 12.2 Å². The van der Waals surface area contributed by atoms with Gasteiger partial charge in [-0.1, -0.05) is 29.3 Å². The summed E-state index contributed by atoms with van der Waals surface area (Å²) in [6, 6.07) is 8.12. The second-order valence-electron chi connectivity index (χ2n) is 13.5. The van der Waals surface area contributed by atoms with Gasteiger partial charge < -0.3 is 20.1 Å². The van der Waals surface area contributed by atoms with Crippen LogP contribution in [0.4, 0.5) is 39.8 Å². The minimum atomic E-state index is -1.54. The molecule has 0 aromatic heterocycles. The molecule has 0 aliphatic heterocycles. The Hall–Kier alpha value is -3.71. The molecule has 0 saturated heterocycles. The zero-order valence-electron chi connectivity index (χ0n) is 27.7. The van der Waals surface area contributed by atoms with Crippen LogP contribution < -0.4 is 15.5 Å². The van der Waals surface area contributed by atoms with Crippen molar-refractivity contribution < 1.29 is 41.8 Å². The summed E-state index contributed by atoms with van der Waals surface area (Å²) in [5, 5.41) is 4.65. The van der Waals surface area contributed by atoms with Crippen molar-refractivity contribution in [1.82, 2.24) is 0 Å². The minimum Gasteiger partial charge on any atom is -0.443 e. The fourth-order valence-corrected chi connectivity index (χ4v) is 6.12. The number of imide groups is 1. The molecule has 0 heterocycles. The summed E-state index contributed by atoms with van der Waals surface area (Å²) >= 11 is 25.1. The third-order valence-corrected chi connectivity index (χ3v) is 8.83. The van der Waals surface area contributed by atoms with Gasteiger partial charge in [-0.3, -0.25) is 9.59 Å². The Morgan fingerprint density at radius 1 is 0.820 bits per heavy atom. The van der Waals surface area contributed by atoms with Gasteiger partial charge in [-0.15, -0.1) is 23.2 Å². The van der Waals surface area contributed by atoms with E-state index in [0.717, 1.165) is 18.2 Å². The summed E-state index contributed by atoms with van der Waals surface area (Å²) in [5.41, 5.74) is -3.52. The van der Waals surface area contributed by atoms with E-state index in [1.54, 1.807) is 6.92 Å². The summed E-state index contributed by atoms with van der Waals surface area (Å²) in [5.74, 6) is -6.84. The van der Waals surface area contributed by atoms with Crippen molar-refractivity contribution >= 4 is 87.5 Å². The third kappa shape index (κ3) is 8.59. The van der Waals surface area contributed by atoms with Crippen LogP contribution in [0.25, 0.3) is 0 Å². The van der Waals surface area contributed by atoms with E-state index in [1.807, 2.05) is 0 Å². The highest BCUT2D eigenvalue weighted by atomic mass is 35.5. The Bertz CT molecular complexity index is 1870. The van der Waals surface area contributed by atoms with Crippen LogP contribution in [-0.4, -0.2) is 39.5 Å². The first-order valence-electron chi connectivity index (χ1n) is 14.9. The number of halogens is 7. The Kier molecular flexibility index (Phi) is 11.0. The van der Waals surface area contributed by atoms with Gasteiger partial charge in [0.1, 0.15) is 27.0 Å². The molecule has 0 spiro atoms. The number of nitrogens with one attached hydrogen (secondary N) is 2. The maximum atomic E-state index is 16.0. The predicted octanol–water partition coefficient (Wildman–Crippen LogP) is 10.2. The van der Waals surface area contributed by atoms with E-state index in [2.05, 4.69) is 10.6 Å². The molecule has 50 heavy (non-hydrogen) atoms. The molecule has 2 N–H and O–H groups in total. The summed E-state index contributed by atoms with van der Waals surface area (Å²) < 4.78 is 53.8. The lowest BCUT2D eigenvalue weighted by Gasteiger charge is -2.29. The molecular weight excluding hydrogens is 745 g/mol. The van der Waals surface area contributed by atoms with E-state index in [-0.39, 0.29) is 26.2 Å². The van der Waals surface area contributed by atoms with Crippen molar-refractivity contribution in [1.29, 1.82) is 0 Å². The van der Waals surface area contributed by atoms with Crippen LogP contribution in [0, 0.1) is 30.3 Å². The van der Waals surface area contributed by atoms with E-state index in [1.165, 1.54) is 65.8 Å². The van der Waals surface area contributed by atoms with E-state index >= 15 is 8.78 Å². The zero-order chi connectivity index (χ0) is 37.7. The van der Waals surface area contributed by atoms with Gasteiger partial charge in [0, 0.05) is 11.6 Å². The van der Waals surface area contributed by atoms with Crippen LogP contribution >= 0.6 is 46.4 Å². The van der Waals surface area contributed by atoms with Gasteiger partial charge in [-0.25, -0.2) is 22.8 Å². The van der Waals surface area contributed by atoms with Crippen LogP contribution in [-0.2, 0) is 14.3 Å². The fraction of sp³-hybridized carbons (Fsp3) is 0.353. The molecule has 2 unspecified atom stereocenters. The number of aryl methyl sites for hydroxylation is 1. The number of ether oxygens (including phenoxy) is 2. The van der Waals surface area contributed by atoms with Crippen LogP contribution in [0.1, 0.15) is 68.9 Å². The highest BCUT2D eigenvalue weighted by Crippen LogP contribution is 2.65. The van der Waals surface area contributed by atoms with Gasteiger partial charge in [-0.2, -0.15) is 4.90 Å². The van der Waals surface area contributed by atoms with Crippen molar-refractivity contribution in [2.75, 3.05) is 15.5 Å². The molecule has 268 valence electrons. The molecule has 4 rings (SSSR count). The summed E-state index contributed by atoms with van der Waals surface area (Å²) in [6.45, 7) is 10.4. The van der Waals surface area contributed by atoms with Gasteiger partial charge in [-0.05, 0) is 96.0 Å². The smallest absolute Gasteiger partial charge is 0.424 e. The Labute approximate surface area is 306 Å². The molecule has 1 aliphatic carbocycles. The Morgan fingerprint density at radius 3 is 1.92 bits per heavy atom. The lowest BCUT2D eigenvalue weighted by atomic mass is 10.1. The third-order valence-electron chi connectivity index (χ3n) is 7.10. The van der Waals surface area contributed by atoms with Crippen LogP contribution in [0.2, 0.25) is 10.0 Å². The Morgan fingerprint density at radius 2 is 1.38 bits per heavy atom. The van der Waals surface area contributed by atoms with E-state index in [4.69, 9.17) is 55.9 Å². The van der Waals surface area contributed by atoms with Crippen LogP contribution in [0.5, 0.6) is 0 Å². The summed E-state index contributed by atoms with van der Waals surface area (Å²) in [7, 11) is 0. The first-order valence-corrected chi connectivity index (χ1v) is 16.4. The number of hydrogen-bond acceptors (Lipinski definition) is 6. The highest BCUT2D eigenvalue weighted by molar-refractivity contribution is 6.53. The number of carbonyl (C=O) groups is 4. The van der Waals surface area contributed by atoms with Crippen molar-refractivity contribution in [3.05, 3.63) is 86.7 Å². The minimum absolute atomic E-state index is 0.0584. The first kappa shape index (κ1) is 39.1. The molecule has 2 atom stereocenters. The summed E-state index contributed by atoms with van der Waals surface area (Å²) in [4.78, 5) is 52.9. The topological polar surface area (TPSA) is 114 Å². The highest BCUT2D eigenvalue weighted by Gasteiger charge is 2.67. The SMILES string of the molecule is Cc1cc(NC(=O)C2C(c3ccc(F)c(Cl)c3)C2(Cl)Cl)cc(C(=O)Nc2ccc(F)c(N(C(=O)OC(C)(C)C)C(=O)OC(C)(C)C)c2F)c1Cl. The van der Waals surface area contributed by atoms with Gasteiger partial charge in [0.15, 0.2) is 11.6 Å². The molecule has 0 bridgehead atoms. The van der Waals surface area contributed by atoms with E-state index in [9.17, 15) is 23.6 Å². The molecule has 1 aliphatic rings. The lowest BCUT2D eigenvalue weighted by Crippen LogP contribution is -2.44. The van der Waals surface area contributed by atoms with Gasteiger partial charge in [0.2, 0.25) is 5.91 Å². The quantitative estimate of drug-likeness (QED) is 0.241. The molecule has 1 fully saturated rings. The van der Waals surface area contributed by atoms with E-state index in [0.29, 0.717) is 11.1 Å². The molecule has 1 saturated carbocycles. The molecule has 0 radical (unpaired) electrons. The number of alkyl halides is 2. The second-order valence-corrected chi connectivity index (χ2v) is 15.7. The Balaban J connectivity index is 1.63. The number of anilines is 3. The molecule has 9 nitrogen and oxygen atoms in total. The van der Waals surface area contributed by atoms with Gasteiger partial charge in [0.25, 0.3) is 5.91 Å². The predicted molar refractivity (Wildman–Crippen MR) is 186 cm³/mol. The van der Waals surface area contributed by atoms with Crippen molar-refractivity contribution in [2.45, 2.75) is 69.9 Å². The average molecular weight is 777 g/mol. The first-order chi connectivity index (χ1) is 22.9. The zero-order valence-corrected chi connectivity index (χ0v) is 30.8. The van der Waals surface area contributed by atoms with Crippen molar-refractivity contribution in [3.63, 3.8) is 0 Å². The van der Waals surface area contributed by atoms with Crippen molar-refractivity contribution in [2.24, 2.45) is 5.92 Å². The van der Waals surface area contributed by atoms with Crippen molar-refractivity contribution in [3.8, 4) is 0 Å². The monoisotopic (exact) mass is 775 g/mol. The molecule has 3 aromatic carbocycles. The molecule has 16 heteroatoms.